The summed E-state index contributed by atoms with van der Waals surface area (Å²) in [4.78, 5) is 27.6. The van der Waals surface area contributed by atoms with Gasteiger partial charge in [-0.1, -0.05) is 68.3 Å². The van der Waals surface area contributed by atoms with Crippen molar-refractivity contribution in [2.45, 2.75) is 51.4 Å². The van der Waals surface area contributed by atoms with E-state index in [0.29, 0.717) is 29.3 Å². The van der Waals surface area contributed by atoms with Crippen molar-refractivity contribution in [1.82, 2.24) is 10.2 Å². The molecule has 0 radical (unpaired) electrons. The maximum atomic E-state index is 13.9. The summed E-state index contributed by atoms with van der Waals surface area (Å²) in [6.07, 6.45) is 2.36. The second-order valence-corrected chi connectivity index (χ2v) is 8.66. The molecule has 1 unspecified atom stereocenters. The van der Waals surface area contributed by atoms with Crippen LogP contribution in [0.4, 0.5) is 4.39 Å². The monoisotopic (exact) mass is 464 g/mol. The Kier molecular flexibility index (Phi) is 10.9. The molecule has 1 N–H and O–H groups in total. The summed E-state index contributed by atoms with van der Waals surface area (Å²) in [5.41, 5.74) is 1.35. The summed E-state index contributed by atoms with van der Waals surface area (Å²) in [6, 6.07) is 13.3. The molecule has 0 fully saturated rings. The lowest BCUT2D eigenvalue weighted by Crippen LogP contribution is -2.49. The van der Waals surface area contributed by atoms with E-state index in [1.807, 2.05) is 25.1 Å². The summed E-state index contributed by atoms with van der Waals surface area (Å²) >= 11 is 7.66. The molecule has 2 rings (SSSR count). The standard InChI is InChI=1S/C24H30ClFN2O2S/c1-3-5-14-27-24(30)22(4-2)28(15-18-10-6-8-12-20(18)25)23(29)17-31-16-19-11-7-9-13-21(19)26/h6-13,22H,3-5,14-17H2,1-2H3,(H,27,30). The van der Waals surface area contributed by atoms with Gasteiger partial charge in [-0.25, -0.2) is 4.39 Å². The van der Waals surface area contributed by atoms with Gasteiger partial charge in [-0.05, 0) is 36.1 Å². The summed E-state index contributed by atoms with van der Waals surface area (Å²) in [5, 5.41) is 3.49. The Morgan fingerprint density at radius 2 is 1.77 bits per heavy atom. The normalized spacial score (nSPS) is 11.7. The van der Waals surface area contributed by atoms with Crippen LogP contribution in [-0.4, -0.2) is 35.1 Å². The molecule has 7 heteroatoms. The number of halogens is 2. The first-order valence-electron chi connectivity index (χ1n) is 10.6. The second kappa shape index (κ2) is 13.4. The van der Waals surface area contributed by atoms with Crippen LogP contribution in [0, 0.1) is 5.82 Å². The van der Waals surface area contributed by atoms with Crippen LogP contribution in [0.5, 0.6) is 0 Å². The van der Waals surface area contributed by atoms with Gasteiger partial charge in [-0.2, -0.15) is 0 Å². The van der Waals surface area contributed by atoms with Crippen LogP contribution < -0.4 is 5.32 Å². The number of thioether (sulfide) groups is 1. The van der Waals surface area contributed by atoms with Crippen molar-refractivity contribution in [3.8, 4) is 0 Å². The molecule has 0 heterocycles. The highest BCUT2D eigenvalue weighted by atomic mass is 35.5. The van der Waals surface area contributed by atoms with Gasteiger partial charge >= 0.3 is 0 Å². The lowest BCUT2D eigenvalue weighted by atomic mass is 10.1. The predicted octanol–water partition coefficient (Wildman–Crippen LogP) is 5.44. The van der Waals surface area contributed by atoms with Gasteiger partial charge < -0.3 is 10.2 Å². The third kappa shape index (κ3) is 7.86. The SMILES string of the molecule is CCCCNC(=O)C(CC)N(Cc1ccccc1Cl)C(=O)CSCc1ccccc1F. The number of nitrogens with zero attached hydrogens (tertiary/aromatic N) is 1. The van der Waals surface area contributed by atoms with Crippen molar-refractivity contribution >= 4 is 35.2 Å². The highest BCUT2D eigenvalue weighted by Gasteiger charge is 2.28. The fourth-order valence-corrected chi connectivity index (χ4v) is 4.27. The first-order valence-corrected chi connectivity index (χ1v) is 12.1. The quantitative estimate of drug-likeness (QED) is 0.426. The zero-order chi connectivity index (χ0) is 22.6. The van der Waals surface area contributed by atoms with E-state index < -0.39 is 6.04 Å². The Morgan fingerprint density at radius 1 is 1.10 bits per heavy atom. The molecule has 1 atom stereocenters. The molecule has 0 saturated heterocycles. The largest absolute Gasteiger partial charge is 0.354 e. The maximum absolute atomic E-state index is 13.9. The second-order valence-electron chi connectivity index (χ2n) is 7.27. The molecular formula is C24H30ClFN2O2S. The average molecular weight is 465 g/mol. The molecule has 0 bridgehead atoms. The Balaban J connectivity index is 2.13. The minimum Gasteiger partial charge on any atom is -0.354 e. The van der Waals surface area contributed by atoms with Gasteiger partial charge in [0.05, 0.1) is 5.75 Å². The lowest BCUT2D eigenvalue weighted by Gasteiger charge is -2.31. The van der Waals surface area contributed by atoms with E-state index in [0.717, 1.165) is 18.4 Å². The van der Waals surface area contributed by atoms with Crippen molar-refractivity contribution < 1.29 is 14.0 Å². The van der Waals surface area contributed by atoms with E-state index in [1.165, 1.54) is 17.8 Å². The van der Waals surface area contributed by atoms with Gasteiger partial charge in [0.2, 0.25) is 11.8 Å². The first-order chi connectivity index (χ1) is 15.0. The summed E-state index contributed by atoms with van der Waals surface area (Å²) in [7, 11) is 0. The zero-order valence-corrected chi connectivity index (χ0v) is 19.6. The van der Waals surface area contributed by atoms with Gasteiger partial charge in [-0.15, -0.1) is 11.8 Å². The van der Waals surface area contributed by atoms with E-state index in [4.69, 9.17) is 11.6 Å². The van der Waals surface area contributed by atoms with Crippen molar-refractivity contribution in [2.24, 2.45) is 0 Å². The minimum atomic E-state index is -0.588. The van der Waals surface area contributed by atoms with E-state index in [9.17, 15) is 14.0 Å². The topological polar surface area (TPSA) is 49.4 Å². The van der Waals surface area contributed by atoms with E-state index in [-0.39, 0.29) is 29.9 Å². The molecule has 0 aromatic heterocycles. The third-order valence-corrected chi connectivity index (χ3v) is 6.29. The number of carbonyl (C=O) groups excluding carboxylic acids is 2. The molecular weight excluding hydrogens is 435 g/mol. The maximum Gasteiger partial charge on any atom is 0.242 e. The predicted molar refractivity (Wildman–Crippen MR) is 127 cm³/mol. The van der Waals surface area contributed by atoms with Crippen LogP contribution in [0.1, 0.15) is 44.2 Å². The van der Waals surface area contributed by atoms with Crippen LogP contribution in [0.3, 0.4) is 0 Å². The van der Waals surface area contributed by atoms with Crippen molar-refractivity contribution in [1.29, 1.82) is 0 Å². The van der Waals surface area contributed by atoms with Gasteiger partial charge in [0.25, 0.3) is 0 Å². The molecule has 0 aliphatic rings. The lowest BCUT2D eigenvalue weighted by molar-refractivity contribution is -0.139. The smallest absolute Gasteiger partial charge is 0.242 e. The fraction of sp³-hybridized carbons (Fsp3) is 0.417. The van der Waals surface area contributed by atoms with Gasteiger partial charge in [0.15, 0.2) is 0 Å². The zero-order valence-electron chi connectivity index (χ0n) is 18.1. The third-order valence-electron chi connectivity index (χ3n) is 4.95. The van der Waals surface area contributed by atoms with E-state index >= 15 is 0 Å². The number of unbranched alkanes of at least 4 members (excludes halogenated alkanes) is 1. The average Bonchev–Trinajstić information content (AvgIpc) is 2.76. The van der Waals surface area contributed by atoms with E-state index in [2.05, 4.69) is 12.2 Å². The highest BCUT2D eigenvalue weighted by Crippen LogP contribution is 2.22. The van der Waals surface area contributed by atoms with Gasteiger partial charge in [-0.3, -0.25) is 9.59 Å². The van der Waals surface area contributed by atoms with Crippen LogP contribution in [0.2, 0.25) is 5.02 Å². The Labute approximate surface area is 193 Å². The molecule has 0 saturated carbocycles. The van der Waals surface area contributed by atoms with Crippen molar-refractivity contribution in [2.75, 3.05) is 12.3 Å². The molecule has 0 aliphatic heterocycles. The molecule has 2 amide bonds. The number of rotatable bonds is 12. The Bertz CT molecular complexity index is 865. The summed E-state index contributed by atoms with van der Waals surface area (Å²) in [6.45, 7) is 4.79. The van der Waals surface area contributed by atoms with Crippen molar-refractivity contribution in [3.63, 3.8) is 0 Å². The minimum absolute atomic E-state index is 0.150. The molecule has 0 aliphatic carbocycles. The molecule has 168 valence electrons. The number of amides is 2. The fourth-order valence-electron chi connectivity index (χ4n) is 3.18. The van der Waals surface area contributed by atoms with Gasteiger partial charge in [0, 0.05) is 23.9 Å². The number of hydrogen-bond acceptors (Lipinski definition) is 3. The highest BCUT2D eigenvalue weighted by molar-refractivity contribution is 7.99. The summed E-state index contributed by atoms with van der Waals surface area (Å²) in [5.74, 6) is -0.0682. The number of benzene rings is 2. The number of nitrogens with one attached hydrogen (secondary N) is 1. The molecule has 4 nitrogen and oxygen atoms in total. The summed E-state index contributed by atoms with van der Waals surface area (Å²) < 4.78 is 13.9. The molecule has 2 aromatic rings. The molecule has 2 aromatic carbocycles. The van der Waals surface area contributed by atoms with Gasteiger partial charge in [0.1, 0.15) is 11.9 Å². The van der Waals surface area contributed by atoms with Crippen molar-refractivity contribution in [3.05, 3.63) is 70.5 Å². The Morgan fingerprint density at radius 3 is 2.42 bits per heavy atom. The van der Waals surface area contributed by atoms with Crippen LogP contribution >= 0.6 is 23.4 Å². The van der Waals surface area contributed by atoms with E-state index in [1.54, 1.807) is 29.2 Å². The number of hydrogen-bond donors (Lipinski definition) is 1. The number of carbonyl (C=O) groups is 2. The van der Waals surface area contributed by atoms with Crippen LogP contribution in [0.15, 0.2) is 48.5 Å². The Hall–Kier alpha value is -2.05. The molecule has 0 spiro atoms. The first kappa shape index (κ1) is 25.2. The van der Waals surface area contributed by atoms with Crippen LogP contribution in [0.25, 0.3) is 0 Å². The van der Waals surface area contributed by atoms with Crippen LogP contribution in [-0.2, 0) is 21.9 Å². The molecule has 31 heavy (non-hydrogen) atoms.